The standard InChI is InChI=1S/C14H23N3O3S.HI/c1-11(2)17-14(16-9-13-4-3-6-20-13)15-8-12-5-7-21(18,19)10-12;/h3-4,6,11-12H,5,7-10H2,1-2H3,(H2,15,16,17);1H. The van der Waals surface area contributed by atoms with Gasteiger partial charge in [-0.05, 0) is 38.3 Å². The van der Waals surface area contributed by atoms with Crippen LogP contribution in [0.25, 0.3) is 0 Å². The molecule has 2 rings (SSSR count). The maximum Gasteiger partial charge on any atom is 0.191 e. The molecule has 0 aromatic carbocycles. The summed E-state index contributed by atoms with van der Waals surface area (Å²) < 4.78 is 28.2. The number of hydrogen-bond acceptors (Lipinski definition) is 4. The number of nitrogens with zero attached hydrogens (tertiary/aromatic N) is 1. The van der Waals surface area contributed by atoms with Crippen LogP contribution < -0.4 is 10.6 Å². The number of halogens is 1. The normalized spacial score (nSPS) is 20.7. The van der Waals surface area contributed by atoms with E-state index in [1.165, 1.54) is 0 Å². The molecule has 8 heteroatoms. The van der Waals surface area contributed by atoms with Crippen LogP contribution in [0.5, 0.6) is 0 Å². The van der Waals surface area contributed by atoms with Gasteiger partial charge in [0.1, 0.15) is 12.3 Å². The van der Waals surface area contributed by atoms with Gasteiger partial charge < -0.3 is 15.1 Å². The monoisotopic (exact) mass is 441 g/mol. The number of furan rings is 1. The Morgan fingerprint density at radius 3 is 2.82 bits per heavy atom. The Morgan fingerprint density at radius 1 is 1.50 bits per heavy atom. The molecule has 1 aliphatic rings. The first kappa shape index (κ1) is 19.3. The van der Waals surface area contributed by atoms with E-state index in [2.05, 4.69) is 15.6 Å². The van der Waals surface area contributed by atoms with Gasteiger partial charge in [0, 0.05) is 12.6 Å². The average molecular weight is 441 g/mol. The van der Waals surface area contributed by atoms with Crippen molar-refractivity contribution in [3.8, 4) is 0 Å². The van der Waals surface area contributed by atoms with Gasteiger partial charge >= 0.3 is 0 Å². The third-order valence-corrected chi connectivity index (χ3v) is 5.12. The Balaban J connectivity index is 0.00000242. The lowest BCUT2D eigenvalue weighted by atomic mass is 10.1. The fourth-order valence-electron chi connectivity index (χ4n) is 2.26. The van der Waals surface area contributed by atoms with E-state index < -0.39 is 9.84 Å². The quantitative estimate of drug-likeness (QED) is 0.414. The van der Waals surface area contributed by atoms with Crippen LogP contribution in [0.4, 0.5) is 0 Å². The van der Waals surface area contributed by atoms with Crippen molar-refractivity contribution in [1.82, 2.24) is 10.6 Å². The van der Waals surface area contributed by atoms with E-state index in [9.17, 15) is 8.42 Å². The molecule has 6 nitrogen and oxygen atoms in total. The van der Waals surface area contributed by atoms with Gasteiger partial charge in [0.2, 0.25) is 0 Å². The topological polar surface area (TPSA) is 83.7 Å². The summed E-state index contributed by atoms with van der Waals surface area (Å²) in [6, 6.07) is 3.96. The van der Waals surface area contributed by atoms with Gasteiger partial charge in [0.15, 0.2) is 15.8 Å². The summed E-state index contributed by atoms with van der Waals surface area (Å²) in [6.45, 7) is 5.14. The summed E-state index contributed by atoms with van der Waals surface area (Å²) in [5.74, 6) is 2.22. The largest absolute Gasteiger partial charge is 0.467 e. The summed E-state index contributed by atoms with van der Waals surface area (Å²) in [5, 5.41) is 6.46. The fourth-order valence-corrected chi connectivity index (χ4v) is 4.12. The molecule has 0 spiro atoms. The van der Waals surface area contributed by atoms with E-state index in [0.717, 1.165) is 12.2 Å². The molecule has 1 fully saturated rings. The second kappa shape index (κ2) is 8.76. The molecular formula is C14H24IN3O3S. The van der Waals surface area contributed by atoms with Gasteiger partial charge in [0.05, 0.1) is 17.8 Å². The van der Waals surface area contributed by atoms with E-state index in [4.69, 9.17) is 4.42 Å². The van der Waals surface area contributed by atoms with E-state index in [1.54, 1.807) is 6.26 Å². The SMILES string of the molecule is CC(C)NC(=NCc1ccco1)NCC1CCS(=O)(=O)C1.I. The van der Waals surface area contributed by atoms with Gasteiger partial charge in [-0.2, -0.15) is 0 Å². The summed E-state index contributed by atoms with van der Waals surface area (Å²) in [5.41, 5.74) is 0. The Bertz CT molecular complexity index is 570. The second-order valence-corrected chi connectivity index (χ2v) is 7.92. The third-order valence-electron chi connectivity index (χ3n) is 3.28. The van der Waals surface area contributed by atoms with Crippen molar-refractivity contribution < 1.29 is 12.8 Å². The zero-order chi connectivity index (χ0) is 15.3. The Labute approximate surface area is 149 Å². The van der Waals surface area contributed by atoms with E-state index >= 15 is 0 Å². The smallest absolute Gasteiger partial charge is 0.191 e. The molecule has 22 heavy (non-hydrogen) atoms. The lowest BCUT2D eigenvalue weighted by Crippen LogP contribution is -2.43. The molecule has 1 unspecified atom stereocenters. The maximum atomic E-state index is 11.5. The predicted octanol–water partition coefficient (Wildman–Crippen LogP) is 1.78. The highest BCUT2D eigenvalue weighted by molar-refractivity contribution is 14.0. The van der Waals surface area contributed by atoms with E-state index in [1.807, 2.05) is 26.0 Å². The molecule has 2 N–H and O–H groups in total. The van der Waals surface area contributed by atoms with Crippen molar-refractivity contribution in [2.75, 3.05) is 18.1 Å². The molecule has 1 aliphatic heterocycles. The molecule has 1 saturated heterocycles. The van der Waals surface area contributed by atoms with Crippen LogP contribution in [0.2, 0.25) is 0 Å². The minimum absolute atomic E-state index is 0. The van der Waals surface area contributed by atoms with Crippen LogP contribution >= 0.6 is 24.0 Å². The second-order valence-electron chi connectivity index (χ2n) is 5.69. The lowest BCUT2D eigenvalue weighted by molar-refractivity contribution is 0.510. The Kier molecular flexibility index (Phi) is 7.67. The van der Waals surface area contributed by atoms with Crippen molar-refractivity contribution >= 4 is 39.8 Å². The molecule has 1 aromatic rings. The van der Waals surface area contributed by atoms with Crippen molar-refractivity contribution in [3.05, 3.63) is 24.2 Å². The highest BCUT2D eigenvalue weighted by Crippen LogP contribution is 2.17. The first-order valence-corrected chi connectivity index (χ1v) is 9.04. The van der Waals surface area contributed by atoms with E-state index in [-0.39, 0.29) is 41.7 Å². The van der Waals surface area contributed by atoms with Crippen molar-refractivity contribution in [1.29, 1.82) is 0 Å². The predicted molar refractivity (Wildman–Crippen MR) is 98.3 cm³/mol. The zero-order valence-electron chi connectivity index (χ0n) is 12.9. The van der Waals surface area contributed by atoms with E-state index in [0.29, 0.717) is 24.8 Å². The van der Waals surface area contributed by atoms with Gasteiger partial charge in [0.25, 0.3) is 0 Å². The Morgan fingerprint density at radius 2 is 2.27 bits per heavy atom. The summed E-state index contributed by atoms with van der Waals surface area (Å²) in [4.78, 5) is 4.45. The first-order valence-electron chi connectivity index (χ1n) is 7.22. The molecule has 126 valence electrons. The minimum Gasteiger partial charge on any atom is -0.467 e. The summed E-state index contributed by atoms with van der Waals surface area (Å²) in [6.07, 6.45) is 2.35. The molecule has 0 saturated carbocycles. The molecule has 0 amide bonds. The maximum absolute atomic E-state index is 11.5. The number of nitrogens with one attached hydrogen (secondary N) is 2. The zero-order valence-corrected chi connectivity index (χ0v) is 16.1. The number of aliphatic imine (C=N–C) groups is 1. The Hall–Kier alpha value is -0.770. The summed E-state index contributed by atoms with van der Waals surface area (Å²) >= 11 is 0. The average Bonchev–Trinajstić information content (AvgIpc) is 3.01. The van der Waals surface area contributed by atoms with Crippen LogP contribution in [0.3, 0.4) is 0 Å². The van der Waals surface area contributed by atoms with Crippen molar-refractivity contribution in [2.45, 2.75) is 32.9 Å². The van der Waals surface area contributed by atoms with Crippen LogP contribution in [0.15, 0.2) is 27.8 Å². The molecule has 0 radical (unpaired) electrons. The molecule has 1 aromatic heterocycles. The van der Waals surface area contributed by atoms with Crippen LogP contribution in [0, 0.1) is 5.92 Å². The fraction of sp³-hybridized carbons (Fsp3) is 0.643. The number of hydrogen-bond donors (Lipinski definition) is 2. The van der Waals surface area contributed by atoms with Gasteiger partial charge in [-0.1, -0.05) is 0 Å². The first-order chi connectivity index (χ1) is 9.94. The highest BCUT2D eigenvalue weighted by Gasteiger charge is 2.27. The number of rotatable bonds is 5. The highest BCUT2D eigenvalue weighted by atomic mass is 127. The molecule has 2 heterocycles. The number of sulfone groups is 1. The molecule has 1 atom stereocenters. The molecule has 0 bridgehead atoms. The lowest BCUT2D eigenvalue weighted by Gasteiger charge is -2.17. The van der Waals surface area contributed by atoms with Gasteiger partial charge in [-0.15, -0.1) is 24.0 Å². The number of guanidine groups is 1. The van der Waals surface area contributed by atoms with Gasteiger partial charge in [-0.25, -0.2) is 13.4 Å². The van der Waals surface area contributed by atoms with Crippen LogP contribution in [-0.4, -0.2) is 38.5 Å². The molecular weight excluding hydrogens is 417 g/mol. The summed E-state index contributed by atoms with van der Waals surface area (Å²) in [7, 11) is -2.83. The van der Waals surface area contributed by atoms with Crippen molar-refractivity contribution in [2.24, 2.45) is 10.9 Å². The minimum atomic E-state index is -2.83. The molecule has 0 aliphatic carbocycles. The van der Waals surface area contributed by atoms with Crippen molar-refractivity contribution in [3.63, 3.8) is 0 Å². The van der Waals surface area contributed by atoms with Crippen LogP contribution in [-0.2, 0) is 16.4 Å². The van der Waals surface area contributed by atoms with Gasteiger partial charge in [-0.3, -0.25) is 0 Å². The third kappa shape index (κ3) is 6.55. The van der Waals surface area contributed by atoms with Crippen LogP contribution in [0.1, 0.15) is 26.0 Å².